The van der Waals surface area contributed by atoms with Gasteiger partial charge in [0, 0.05) is 43.8 Å². The van der Waals surface area contributed by atoms with Crippen molar-refractivity contribution in [3.8, 4) is 33.6 Å². The van der Waals surface area contributed by atoms with Gasteiger partial charge in [-0.3, -0.25) is 0 Å². The summed E-state index contributed by atoms with van der Waals surface area (Å²) in [5, 5.41) is 8.12. The summed E-state index contributed by atoms with van der Waals surface area (Å²) in [5.41, 5.74) is 28.6. The largest absolute Gasteiger partial charge is 0.310 e. The van der Waals surface area contributed by atoms with Crippen LogP contribution in [0.25, 0.3) is 88.0 Å². The Kier molecular flexibility index (Phi) is 9.72. The van der Waals surface area contributed by atoms with Crippen LogP contribution in [0.15, 0.2) is 152 Å². The van der Waals surface area contributed by atoms with Crippen LogP contribution < -0.4 is 16.4 Å². The summed E-state index contributed by atoms with van der Waals surface area (Å²) in [4.78, 5) is 0. The van der Waals surface area contributed by atoms with Crippen LogP contribution in [0.1, 0.15) is 151 Å². The summed E-state index contributed by atoms with van der Waals surface area (Å²) in [5.74, 6) is 3.47. The molecule has 374 valence electrons. The molecule has 0 fully saturated rings. The number of aromatic nitrogens is 2. The molecule has 3 aliphatic heterocycles. The normalized spacial score (nSPS) is 16.0. The van der Waals surface area contributed by atoms with E-state index >= 15 is 0 Å². The van der Waals surface area contributed by atoms with E-state index in [0.717, 1.165) is 0 Å². The maximum atomic E-state index is 2.84. The van der Waals surface area contributed by atoms with E-state index in [0.29, 0.717) is 47.3 Å². The van der Waals surface area contributed by atoms with Gasteiger partial charge in [0.2, 0.25) is 0 Å². The van der Waals surface area contributed by atoms with Crippen LogP contribution in [0.4, 0.5) is 0 Å². The third-order valence-corrected chi connectivity index (χ3v) is 20.6. The van der Waals surface area contributed by atoms with Crippen LogP contribution in [0.5, 0.6) is 0 Å². The van der Waals surface area contributed by atoms with E-state index in [9.17, 15) is 0 Å². The Labute approximate surface area is 449 Å². The number of hydrogen-bond acceptors (Lipinski definition) is 0. The molecular formula is C73H69BN2. The molecule has 4 unspecified atom stereocenters. The van der Waals surface area contributed by atoms with Gasteiger partial charge in [0.1, 0.15) is 0 Å². The summed E-state index contributed by atoms with van der Waals surface area (Å²) in [6, 6.07) is 61.4. The van der Waals surface area contributed by atoms with Gasteiger partial charge < -0.3 is 9.13 Å². The molecule has 15 rings (SSSR count). The molecule has 2 nitrogen and oxygen atoms in total. The minimum atomic E-state index is -0.605. The molecule has 0 bridgehead atoms. The van der Waals surface area contributed by atoms with Crippen molar-refractivity contribution in [3.63, 3.8) is 0 Å². The van der Waals surface area contributed by atoms with E-state index in [1.54, 1.807) is 0 Å². The van der Waals surface area contributed by atoms with Gasteiger partial charge in [-0.25, -0.2) is 0 Å². The fourth-order valence-corrected chi connectivity index (χ4v) is 15.2. The summed E-state index contributed by atoms with van der Waals surface area (Å²) in [7, 11) is 0. The Morgan fingerprint density at radius 1 is 0.342 bits per heavy atom. The van der Waals surface area contributed by atoms with Gasteiger partial charge in [-0.05, 0) is 172 Å². The van der Waals surface area contributed by atoms with Gasteiger partial charge in [0.05, 0.1) is 22.1 Å². The van der Waals surface area contributed by atoms with Crippen LogP contribution in [0, 0.1) is 23.7 Å². The zero-order valence-corrected chi connectivity index (χ0v) is 46.5. The maximum Gasteiger partial charge on any atom is 0.252 e. The van der Waals surface area contributed by atoms with Crippen molar-refractivity contribution in [2.24, 2.45) is 23.7 Å². The number of rotatable bonds is 9. The second kappa shape index (κ2) is 16.0. The Morgan fingerprint density at radius 2 is 0.829 bits per heavy atom. The van der Waals surface area contributed by atoms with E-state index in [1.807, 2.05) is 0 Å². The molecule has 5 heterocycles. The molecule has 4 aliphatic rings. The average Bonchev–Trinajstić information content (AvgIpc) is 3.46. The van der Waals surface area contributed by atoms with Crippen molar-refractivity contribution in [3.05, 3.63) is 196 Å². The van der Waals surface area contributed by atoms with Crippen molar-refractivity contribution in [1.29, 1.82) is 0 Å². The maximum absolute atomic E-state index is 2.84. The molecule has 0 saturated carbocycles. The molecule has 4 atom stereocenters. The van der Waals surface area contributed by atoms with Crippen LogP contribution >= 0.6 is 0 Å². The molecule has 11 aromatic rings. The van der Waals surface area contributed by atoms with Gasteiger partial charge in [-0.15, -0.1) is 0 Å². The van der Waals surface area contributed by atoms with Crippen molar-refractivity contribution >= 4 is 77.5 Å². The van der Waals surface area contributed by atoms with Crippen LogP contribution in [-0.4, -0.2) is 15.8 Å². The van der Waals surface area contributed by atoms with E-state index < -0.39 is 5.41 Å². The minimum absolute atomic E-state index is 0.0236. The van der Waals surface area contributed by atoms with Gasteiger partial charge in [-0.2, -0.15) is 0 Å². The molecule has 2 aromatic heterocycles. The topological polar surface area (TPSA) is 9.86 Å². The summed E-state index contributed by atoms with van der Waals surface area (Å²) in [6.07, 6.45) is 0. The first-order valence-corrected chi connectivity index (χ1v) is 28.9. The fourth-order valence-electron chi connectivity index (χ4n) is 15.2. The van der Waals surface area contributed by atoms with Crippen LogP contribution in [0.3, 0.4) is 0 Å². The van der Waals surface area contributed by atoms with Crippen LogP contribution in [-0.2, 0) is 5.41 Å². The van der Waals surface area contributed by atoms with Gasteiger partial charge in [-0.1, -0.05) is 198 Å². The highest BCUT2D eigenvalue weighted by molar-refractivity contribution is 7.00. The zero-order valence-electron chi connectivity index (χ0n) is 46.5. The molecule has 76 heavy (non-hydrogen) atoms. The van der Waals surface area contributed by atoms with Crippen molar-refractivity contribution in [2.75, 3.05) is 0 Å². The SMILES string of the molecule is CC(C)C(C)c1ccc2c(c1)c1cc(C(C)C(C)C)cc3c1n2-c1c(-c2cccc4ccccc24)cc2c4c1B3c1cc(C(C)C(C)C)cc3c5cc(C(C)C(C)C)cc(c5n-4c13)C21c2ccccc2-c2ccccc21. The predicted molar refractivity (Wildman–Crippen MR) is 327 cm³/mol. The molecule has 9 aromatic carbocycles. The van der Waals surface area contributed by atoms with Crippen LogP contribution in [0.2, 0.25) is 0 Å². The molecule has 0 radical (unpaired) electrons. The molecule has 1 spiro atoms. The van der Waals surface area contributed by atoms with Gasteiger partial charge >= 0.3 is 0 Å². The minimum Gasteiger partial charge on any atom is -0.310 e. The van der Waals surface area contributed by atoms with E-state index in [4.69, 9.17) is 0 Å². The lowest BCUT2D eigenvalue weighted by Gasteiger charge is -2.45. The first-order chi connectivity index (χ1) is 36.7. The smallest absolute Gasteiger partial charge is 0.252 e. The van der Waals surface area contributed by atoms with Crippen molar-refractivity contribution < 1.29 is 0 Å². The predicted octanol–water partition coefficient (Wildman–Crippen LogP) is 17.6. The highest BCUT2D eigenvalue weighted by atomic mass is 15.1. The van der Waals surface area contributed by atoms with E-state index in [-0.39, 0.29) is 6.71 Å². The molecule has 0 amide bonds. The number of fused-ring (bicyclic) bond motifs is 15. The Bertz CT molecular complexity index is 4290. The van der Waals surface area contributed by atoms with Gasteiger partial charge in [0.25, 0.3) is 6.71 Å². The van der Waals surface area contributed by atoms with Gasteiger partial charge in [0.15, 0.2) is 0 Å². The summed E-state index contributed by atoms with van der Waals surface area (Å²) < 4.78 is 5.62. The Balaban J connectivity index is 1.25. The second-order valence-electron chi connectivity index (χ2n) is 25.4. The number of benzene rings is 9. The second-order valence-corrected chi connectivity index (χ2v) is 25.4. The first-order valence-electron chi connectivity index (χ1n) is 28.9. The highest BCUT2D eigenvalue weighted by Crippen LogP contribution is 2.63. The standard InChI is InChI=1S/C73H69BN2/c1-38(2)42(9)47-28-29-66-55(30-47)56-32-49(44(11)40(5)6)35-64-69(56)75(66)71-59(52-25-19-21-46-20-13-14-22-51(46)52)37-63-72-67(71)74(64)65-36-50(45(12)41(7)8)33-58-57-31-48(43(10)39(3)4)34-62(68(57)76(72)70(58)65)73(63)60-26-17-15-23-53(60)54-24-16-18-27-61(54)73/h13-45H,1-12H3. The molecule has 0 N–H and O–H groups in total. The monoisotopic (exact) mass is 985 g/mol. The lowest BCUT2D eigenvalue weighted by molar-refractivity contribution is 0.534. The lowest BCUT2D eigenvalue weighted by atomic mass is 9.33. The zero-order chi connectivity index (χ0) is 52.1. The summed E-state index contributed by atoms with van der Waals surface area (Å²) >= 11 is 0. The Morgan fingerprint density at radius 3 is 1.45 bits per heavy atom. The average molecular weight is 985 g/mol. The Hall–Kier alpha value is -7.10. The number of nitrogens with zero attached hydrogens (tertiary/aromatic N) is 2. The fraction of sp³-hybridized carbons (Fsp3) is 0.288. The van der Waals surface area contributed by atoms with E-state index in [1.165, 1.54) is 149 Å². The lowest BCUT2D eigenvalue weighted by Crippen LogP contribution is -2.61. The molecule has 1 aliphatic carbocycles. The molecule has 3 heteroatoms. The molecule has 0 saturated heterocycles. The van der Waals surface area contributed by atoms with E-state index in [2.05, 4.69) is 244 Å². The van der Waals surface area contributed by atoms with Crippen molar-refractivity contribution in [1.82, 2.24) is 9.13 Å². The highest BCUT2D eigenvalue weighted by Gasteiger charge is 2.55. The number of hydrogen-bond donors (Lipinski definition) is 0. The third-order valence-electron chi connectivity index (χ3n) is 20.6. The third kappa shape index (κ3) is 5.75. The molecular weight excluding hydrogens is 916 g/mol. The van der Waals surface area contributed by atoms with Crippen molar-refractivity contribution in [2.45, 2.75) is 112 Å². The summed E-state index contributed by atoms with van der Waals surface area (Å²) in [6.45, 7) is 29.1. The quantitative estimate of drug-likeness (QED) is 0.128. The first kappa shape index (κ1) is 46.2.